The Morgan fingerprint density at radius 2 is 1.00 bits per heavy atom. The first kappa shape index (κ1) is 29.9. The van der Waals surface area contributed by atoms with E-state index in [0.717, 1.165) is 12.8 Å². The average molecular weight is 628 g/mol. The van der Waals surface area contributed by atoms with Gasteiger partial charge in [-0.2, -0.15) is 0 Å². The summed E-state index contributed by atoms with van der Waals surface area (Å²) < 4.78 is 0. The topological polar surface area (TPSA) is 0 Å². The second kappa shape index (κ2) is 14.6. The van der Waals surface area contributed by atoms with E-state index in [9.17, 15) is 0 Å². The zero-order valence-electron chi connectivity index (χ0n) is 25.7. The zero-order chi connectivity index (χ0) is 31.0. The van der Waals surface area contributed by atoms with Crippen molar-refractivity contribution in [2.24, 2.45) is 0 Å². The molecule has 46 heavy (non-hydrogen) atoms. The molecule has 0 spiro atoms. The maximum Gasteiger partial charge on any atom is 0.239 e. The molecule has 7 rings (SSSR count). The molecule has 0 amide bonds. The third-order valence-corrected chi connectivity index (χ3v) is 10.4. The highest BCUT2D eigenvalue weighted by Gasteiger charge is 2.18. The molecule has 0 atom stereocenters. The van der Waals surface area contributed by atoms with Crippen LogP contribution in [0.3, 0.4) is 0 Å². The molecule has 2 heterocycles. The summed E-state index contributed by atoms with van der Waals surface area (Å²) in [7, 11) is 0. The van der Waals surface area contributed by atoms with Crippen molar-refractivity contribution in [3.63, 3.8) is 0 Å². The van der Waals surface area contributed by atoms with E-state index in [2.05, 4.69) is 176 Å². The number of hydrogen-bond donors (Lipinski definition) is 0. The molecule has 0 unspecified atom stereocenters. The molecule has 0 saturated heterocycles. The summed E-state index contributed by atoms with van der Waals surface area (Å²) in [5, 5.41) is 0. The largest absolute Gasteiger partial charge is 0.239 e. The third-order valence-electron chi connectivity index (χ3n) is 8.15. The molecule has 0 nitrogen and oxygen atoms in total. The Kier molecular flexibility index (Phi) is 9.47. The average Bonchev–Trinajstić information content (AvgIpc) is 3.14. The van der Waals surface area contributed by atoms with Crippen molar-refractivity contribution in [3.8, 4) is 20.9 Å². The van der Waals surface area contributed by atoms with Gasteiger partial charge in [0, 0.05) is 33.1 Å². The number of rotatable bonds is 7. The molecule has 4 aromatic carbocycles. The second-order valence-electron chi connectivity index (χ2n) is 11.5. The van der Waals surface area contributed by atoms with E-state index in [0.29, 0.717) is 0 Å². The molecule has 0 saturated carbocycles. The van der Waals surface area contributed by atoms with Crippen LogP contribution in [0.1, 0.15) is 36.0 Å². The van der Waals surface area contributed by atoms with Gasteiger partial charge >= 0.3 is 0 Å². The predicted octanol–water partition coefficient (Wildman–Crippen LogP) is 13.2. The van der Waals surface area contributed by atoms with Crippen LogP contribution in [-0.2, 0) is 0 Å². The fourth-order valence-corrected chi connectivity index (χ4v) is 8.03. The van der Waals surface area contributed by atoms with Crippen LogP contribution < -0.4 is 0 Å². The van der Waals surface area contributed by atoms with E-state index in [4.69, 9.17) is 0 Å². The fraction of sp³-hybridized carbons (Fsp3) is 0.0682. The van der Waals surface area contributed by atoms with Gasteiger partial charge in [-0.15, -0.1) is 0 Å². The molecule has 2 aliphatic rings. The molecule has 1 aliphatic carbocycles. The molecule has 0 bridgehead atoms. The summed E-state index contributed by atoms with van der Waals surface area (Å²) in [5.74, 6) is 0. The summed E-state index contributed by atoms with van der Waals surface area (Å²) in [6.45, 7) is 0. The lowest BCUT2D eigenvalue weighted by Gasteiger charge is -2.17. The predicted molar refractivity (Wildman–Crippen MR) is 203 cm³/mol. The Hall–Kier alpha value is -4.76. The maximum absolute atomic E-state index is 2.39. The standard InChI is InChI=1S/C44H35S2/c1-5-16-37(17-6-1)41-29-35(30-42(45-41)38-18-7-2-8-19-38)26-24-33-14-13-15-34(28-33)25-27-36-31-43(39-20-9-3-10-21-39)46-44(32-36)40-22-11-4-12-23-40/h1-12,16-32H,13-15H2/q+1. The normalized spacial score (nSPS) is 15.8. The van der Waals surface area contributed by atoms with Gasteiger partial charge in [0.25, 0.3) is 0 Å². The fourth-order valence-electron chi connectivity index (χ4n) is 5.76. The minimum atomic E-state index is 1.10. The summed E-state index contributed by atoms with van der Waals surface area (Å²) in [4.78, 5) is 5.12. The monoisotopic (exact) mass is 627 g/mol. The summed E-state index contributed by atoms with van der Waals surface area (Å²) in [6.07, 6.45) is 19.6. The lowest BCUT2D eigenvalue weighted by atomic mass is 9.94. The Morgan fingerprint density at radius 3 is 1.52 bits per heavy atom. The van der Waals surface area contributed by atoms with Gasteiger partial charge in [-0.3, -0.25) is 0 Å². The van der Waals surface area contributed by atoms with Gasteiger partial charge in [-0.25, -0.2) is 0 Å². The zero-order valence-corrected chi connectivity index (χ0v) is 27.3. The van der Waals surface area contributed by atoms with Crippen molar-refractivity contribution in [1.82, 2.24) is 0 Å². The Balaban J connectivity index is 1.18. The lowest BCUT2D eigenvalue weighted by molar-refractivity contribution is 0.798. The molecule has 2 heteroatoms. The Bertz CT molecular complexity index is 1880. The van der Waals surface area contributed by atoms with Crippen LogP contribution in [0.5, 0.6) is 0 Å². The van der Waals surface area contributed by atoms with Crippen LogP contribution in [0.25, 0.3) is 36.8 Å². The highest BCUT2D eigenvalue weighted by atomic mass is 32.2. The number of allylic oxidation sites excluding steroid dienone is 9. The van der Waals surface area contributed by atoms with E-state index < -0.39 is 0 Å². The van der Waals surface area contributed by atoms with Crippen molar-refractivity contribution in [1.29, 1.82) is 0 Å². The van der Waals surface area contributed by atoms with Crippen LogP contribution in [0.2, 0.25) is 0 Å². The van der Waals surface area contributed by atoms with Crippen LogP contribution >= 0.6 is 23.1 Å². The minimum Gasteiger partial charge on any atom is -0.0888 e. The Morgan fingerprint density at radius 1 is 0.500 bits per heavy atom. The van der Waals surface area contributed by atoms with Crippen LogP contribution in [-0.4, -0.2) is 0 Å². The first-order valence-electron chi connectivity index (χ1n) is 15.9. The van der Waals surface area contributed by atoms with Gasteiger partial charge < -0.3 is 0 Å². The van der Waals surface area contributed by atoms with Gasteiger partial charge in [0.15, 0.2) is 0 Å². The number of thioether (sulfide) groups is 1. The first-order valence-corrected chi connectivity index (χ1v) is 17.5. The van der Waals surface area contributed by atoms with Gasteiger partial charge in [-0.05, 0) is 89.1 Å². The molecule has 0 N–H and O–H groups in total. The molecule has 5 aromatic rings. The molecule has 222 valence electrons. The van der Waals surface area contributed by atoms with Crippen LogP contribution in [0.4, 0.5) is 0 Å². The number of benzene rings is 4. The van der Waals surface area contributed by atoms with Crippen molar-refractivity contribution < 1.29 is 0 Å². The molecular formula is C44H35S2+. The van der Waals surface area contributed by atoms with Crippen molar-refractivity contribution in [2.45, 2.75) is 19.3 Å². The molecule has 0 fully saturated rings. The summed E-state index contributed by atoms with van der Waals surface area (Å²) in [5.41, 5.74) is 10.2. The molecular weight excluding hydrogens is 593 g/mol. The van der Waals surface area contributed by atoms with E-state index in [1.54, 1.807) is 0 Å². The van der Waals surface area contributed by atoms with Crippen molar-refractivity contribution >= 4 is 39.0 Å². The van der Waals surface area contributed by atoms with E-state index in [1.807, 2.05) is 23.1 Å². The second-order valence-corrected chi connectivity index (χ2v) is 13.7. The molecule has 1 aromatic heterocycles. The molecule has 1 aliphatic heterocycles. The Labute approximate surface area is 281 Å². The van der Waals surface area contributed by atoms with Gasteiger partial charge in [0.05, 0.1) is 0 Å². The summed E-state index contributed by atoms with van der Waals surface area (Å²) >= 11 is 3.69. The number of hydrogen-bond acceptors (Lipinski definition) is 1. The highest BCUT2D eigenvalue weighted by Crippen LogP contribution is 2.44. The van der Waals surface area contributed by atoms with E-state index in [1.165, 1.54) is 70.5 Å². The highest BCUT2D eigenvalue weighted by molar-refractivity contribution is 8.16. The van der Waals surface area contributed by atoms with Gasteiger partial charge in [0.2, 0.25) is 21.1 Å². The van der Waals surface area contributed by atoms with Gasteiger partial charge in [0.1, 0.15) is 0 Å². The van der Waals surface area contributed by atoms with Crippen molar-refractivity contribution in [3.05, 3.63) is 203 Å². The molecule has 0 radical (unpaired) electrons. The third kappa shape index (κ3) is 7.54. The quantitative estimate of drug-likeness (QED) is 0.162. The SMILES string of the molecule is C(/C=C1C=C(/C=C/c2cc(-c3ccccc3)[s+]c(-c3ccccc3)c2)CCC/1)=C1C=C(c2ccccc2)SC(c2ccccc2)=C1. The van der Waals surface area contributed by atoms with Crippen LogP contribution in [0, 0.1) is 0 Å². The summed E-state index contributed by atoms with van der Waals surface area (Å²) in [6, 6.07) is 47.5. The minimum absolute atomic E-state index is 1.10. The van der Waals surface area contributed by atoms with E-state index in [-0.39, 0.29) is 0 Å². The maximum atomic E-state index is 2.39. The van der Waals surface area contributed by atoms with Gasteiger partial charge in [-0.1, -0.05) is 139 Å². The van der Waals surface area contributed by atoms with E-state index >= 15 is 0 Å². The van der Waals surface area contributed by atoms with Crippen molar-refractivity contribution in [2.75, 3.05) is 0 Å². The van der Waals surface area contributed by atoms with Crippen LogP contribution in [0.15, 0.2) is 187 Å². The lowest BCUT2D eigenvalue weighted by Crippen LogP contribution is -1.93. The smallest absolute Gasteiger partial charge is 0.0888 e. The first-order chi connectivity index (χ1) is 22.8.